The van der Waals surface area contributed by atoms with Crippen molar-refractivity contribution in [3.05, 3.63) is 70.7 Å². The van der Waals surface area contributed by atoms with Crippen LogP contribution in [0.25, 0.3) is 5.82 Å². The number of nitrogens with zero attached hydrogens (tertiary/aromatic N) is 7. The van der Waals surface area contributed by atoms with E-state index in [0.29, 0.717) is 55.0 Å². The number of hydrogen-bond acceptors (Lipinski definition) is 6. The first-order valence-corrected chi connectivity index (χ1v) is 16.4. The maximum Gasteiger partial charge on any atom is 0.435 e. The maximum atomic E-state index is 13.7. The van der Waals surface area contributed by atoms with Crippen molar-refractivity contribution in [2.45, 2.75) is 57.0 Å². The first-order valence-electron chi connectivity index (χ1n) is 16.4. The summed E-state index contributed by atoms with van der Waals surface area (Å²) in [6, 6.07) is 12.2. The number of likely N-dealkylation sites (tertiary alicyclic amines) is 3. The number of aromatic nitrogens is 4. The van der Waals surface area contributed by atoms with E-state index in [1.807, 2.05) is 23.1 Å². The maximum absolute atomic E-state index is 13.7. The molecule has 9 nitrogen and oxygen atoms in total. The molecule has 7 rings (SSSR count). The highest BCUT2D eigenvalue weighted by atomic mass is 19.4. The Morgan fingerprint density at radius 3 is 2.21 bits per heavy atom. The molecule has 3 aliphatic heterocycles. The number of halogens is 5. The van der Waals surface area contributed by atoms with Crippen LogP contribution in [-0.4, -0.2) is 98.2 Å². The number of amides is 2. The normalized spacial score (nSPS) is 25.8. The molecule has 2 amide bonds. The molecule has 5 heterocycles. The van der Waals surface area contributed by atoms with Gasteiger partial charge in [0.25, 0.3) is 5.91 Å². The van der Waals surface area contributed by atoms with Crippen LogP contribution >= 0.6 is 0 Å². The van der Waals surface area contributed by atoms with Gasteiger partial charge in [-0.05, 0) is 62.8 Å². The summed E-state index contributed by atoms with van der Waals surface area (Å²) in [6.45, 7) is 8.23. The Kier molecular flexibility index (Phi) is 8.07. The van der Waals surface area contributed by atoms with Crippen LogP contribution in [0.4, 0.5) is 22.0 Å². The number of benzene rings is 1. The number of fused-ring (bicyclic) bond motifs is 1. The smallest absolute Gasteiger partial charge is 0.342 e. The Hall–Kier alpha value is -3.94. The standard InChI is InChI=1S/C34H38F5N7O2/c1-21-29(22(2)46(42-21)28-9-8-27(40-41-28)34(37,38)39)31(48)45-18-24-16-43(17-25(24)19-45)12-10-32(26-6-4-3-5-7-26)11-13-44(20-32)30(47)23-14-33(35,36)15-23/h3-9,23-25H,10-20H2,1-2H3. The van der Waals surface area contributed by atoms with Crippen molar-refractivity contribution in [1.82, 2.24) is 34.7 Å². The van der Waals surface area contributed by atoms with Crippen LogP contribution in [0.3, 0.4) is 0 Å². The molecule has 3 unspecified atom stereocenters. The van der Waals surface area contributed by atoms with Crippen molar-refractivity contribution < 1.29 is 31.5 Å². The van der Waals surface area contributed by atoms with E-state index in [4.69, 9.17) is 0 Å². The van der Waals surface area contributed by atoms with Gasteiger partial charge in [-0.3, -0.25) is 9.59 Å². The summed E-state index contributed by atoms with van der Waals surface area (Å²) in [4.78, 5) is 32.9. The van der Waals surface area contributed by atoms with Gasteiger partial charge in [0, 0.05) is 63.4 Å². The molecule has 1 aliphatic carbocycles. The highest BCUT2D eigenvalue weighted by Gasteiger charge is 2.52. The summed E-state index contributed by atoms with van der Waals surface area (Å²) < 4.78 is 67.2. The summed E-state index contributed by atoms with van der Waals surface area (Å²) in [5.41, 5.74) is 1.21. The van der Waals surface area contributed by atoms with Crippen molar-refractivity contribution in [3.8, 4) is 5.82 Å². The van der Waals surface area contributed by atoms with Gasteiger partial charge >= 0.3 is 6.18 Å². The van der Waals surface area contributed by atoms with E-state index in [9.17, 15) is 31.5 Å². The Labute approximate surface area is 275 Å². The minimum Gasteiger partial charge on any atom is -0.342 e. The minimum atomic E-state index is -4.60. The molecular formula is C34H38F5N7O2. The number of hydrogen-bond donors (Lipinski definition) is 0. The molecule has 0 spiro atoms. The van der Waals surface area contributed by atoms with Crippen LogP contribution in [0.5, 0.6) is 0 Å². The van der Waals surface area contributed by atoms with Crippen LogP contribution < -0.4 is 0 Å². The summed E-state index contributed by atoms with van der Waals surface area (Å²) in [7, 11) is 0. The second-order valence-corrected chi connectivity index (χ2v) is 14.1. The van der Waals surface area contributed by atoms with Gasteiger partial charge in [0.2, 0.25) is 11.8 Å². The van der Waals surface area contributed by atoms with E-state index in [0.717, 1.165) is 38.5 Å². The van der Waals surface area contributed by atoms with Crippen molar-refractivity contribution in [3.63, 3.8) is 0 Å². The van der Waals surface area contributed by atoms with E-state index in [1.165, 1.54) is 16.3 Å². The predicted molar refractivity (Wildman–Crippen MR) is 165 cm³/mol. The van der Waals surface area contributed by atoms with E-state index in [1.54, 1.807) is 18.7 Å². The quantitative estimate of drug-likeness (QED) is 0.332. The fourth-order valence-electron chi connectivity index (χ4n) is 8.26. The molecule has 4 fully saturated rings. The molecule has 0 bridgehead atoms. The molecule has 1 aromatic carbocycles. The van der Waals surface area contributed by atoms with Crippen molar-refractivity contribution in [2.24, 2.45) is 17.8 Å². The lowest BCUT2D eigenvalue weighted by Gasteiger charge is -2.37. The number of alkyl halides is 5. The van der Waals surface area contributed by atoms with Crippen molar-refractivity contribution in [2.75, 3.05) is 45.8 Å². The first kappa shape index (κ1) is 32.6. The molecule has 3 saturated heterocycles. The number of rotatable bonds is 7. The lowest BCUT2D eigenvalue weighted by Crippen LogP contribution is -2.47. The van der Waals surface area contributed by atoms with E-state index < -0.39 is 23.7 Å². The Bertz CT molecular complexity index is 1670. The molecule has 48 heavy (non-hydrogen) atoms. The SMILES string of the molecule is Cc1nn(-c2ccc(C(F)(F)F)nn2)c(C)c1C(=O)N1CC2CN(CCC3(c4ccccc4)CCN(C(=O)C4CC(F)(F)C4)C3)CC2C1. The van der Waals surface area contributed by atoms with Crippen molar-refractivity contribution in [1.29, 1.82) is 0 Å². The minimum absolute atomic E-state index is 0.101. The summed E-state index contributed by atoms with van der Waals surface area (Å²) in [6.07, 6.45) is -3.68. The third kappa shape index (κ3) is 5.96. The zero-order valence-corrected chi connectivity index (χ0v) is 26.9. The van der Waals surface area contributed by atoms with Gasteiger partial charge in [-0.1, -0.05) is 30.3 Å². The average Bonchev–Trinajstić information content (AvgIpc) is 3.81. The summed E-state index contributed by atoms with van der Waals surface area (Å²) >= 11 is 0. The second-order valence-electron chi connectivity index (χ2n) is 14.1. The molecule has 3 aromatic rings. The molecule has 4 aliphatic rings. The largest absolute Gasteiger partial charge is 0.435 e. The van der Waals surface area contributed by atoms with Gasteiger partial charge in [-0.15, -0.1) is 10.2 Å². The Morgan fingerprint density at radius 2 is 1.60 bits per heavy atom. The highest BCUT2D eigenvalue weighted by molar-refractivity contribution is 5.96. The number of carbonyl (C=O) groups excluding carboxylic acids is 2. The molecule has 1 saturated carbocycles. The third-order valence-corrected chi connectivity index (χ3v) is 10.9. The van der Waals surface area contributed by atoms with Crippen LogP contribution in [0.2, 0.25) is 0 Å². The molecule has 2 aromatic heterocycles. The van der Waals surface area contributed by atoms with Gasteiger partial charge in [0.15, 0.2) is 11.5 Å². The van der Waals surface area contributed by atoms with Gasteiger partial charge < -0.3 is 14.7 Å². The fourth-order valence-corrected chi connectivity index (χ4v) is 8.26. The second kappa shape index (κ2) is 11.9. The zero-order valence-electron chi connectivity index (χ0n) is 26.9. The van der Waals surface area contributed by atoms with Gasteiger partial charge in [-0.2, -0.15) is 18.3 Å². The van der Waals surface area contributed by atoms with Crippen LogP contribution in [-0.2, 0) is 16.4 Å². The van der Waals surface area contributed by atoms with E-state index in [-0.39, 0.29) is 35.9 Å². The van der Waals surface area contributed by atoms with Gasteiger partial charge in [-0.25, -0.2) is 13.5 Å². The van der Waals surface area contributed by atoms with Crippen molar-refractivity contribution >= 4 is 11.8 Å². The van der Waals surface area contributed by atoms with Crippen LogP contribution in [0.15, 0.2) is 42.5 Å². The summed E-state index contributed by atoms with van der Waals surface area (Å²) in [5.74, 6) is -2.91. The molecule has 256 valence electrons. The fraction of sp³-hybridized carbons (Fsp3) is 0.559. The van der Waals surface area contributed by atoms with Crippen LogP contribution in [0, 0.1) is 31.6 Å². The predicted octanol–water partition coefficient (Wildman–Crippen LogP) is 4.91. The van der Waals surface area contributed by atoms with E-state index >= 15 is 0 Å². The topological polar surface area (TPSA) is 87.5 Å². The average molecular weight is 672 g/mol. The van der Waals surface area contributed by atoms with E-state index in [2.05, 4.69) is 32.3 Å². The van der Waals surface area contributed by atoms with Crippen LogP contribution in [0.1, 0.15) is 58.7 Å². The number of carbonyl (C=O) groups is 2. The van der Waals surface area contributed by atoms with Gasteiger partial charge in [0.05, 0.1) is 17.0 Å². The monoisotopic (exact) mass is 671 g/mol. The molecular weight excluding hydrogens is 633 g/mol. The molecule has 14 heteroatoms. The third-order valence-electron chi connectivity index (χ3n) is 10.9. The lowest BCUT2D eigenvalue weighted by atomic mass is 9.76. The zero-order chi connectivity index (χ0) is 34.0. The molecule has 3 atom stereocenters. The Morgan fingerprint density at radius 1 is 0.917 bits per heavy atom. The highest BCUT2D eigenvalue weighted by Crippen LogP contribution is 2.46. The first-order chi connectivity index (χ1) is 22.7. The lowest BCUT2D eigenvalue weighted by molar-refractivity contribution is -0.159. The molecule has 0 N–H and O–H groups in total. The number of aryl methyl sites for hydroxylation is 1. The Balaban J connectivity index is 0.977. The van der Waals surface area contributed by atoms with Gasteiger partial charge in [0.1, 0.15) is 0 Å². The summed E-state index contributed by atoms with van der Waals surface area (Å²) in [5, 5.41) is 11.4. The molecule has 0 radical (unpaired) electrons.